The van der Waals surface area contributed by atoms with Gasteiger partial charge >= 0.3 is 0 Å². The minimum Gasteiger partial charge on any atom is -0.396 e. The molecule has 0 aliphatic rings. The van der Waals surface area contributed by atoms with E-state index in [0.29, 0.717) is 12.8 Å². The molecule has 3 nitrogen and oxygen atoms in total. The Morgan fingerprint density at radius 1 is 1.43 bits per heavy atom. The van der Waals surface area contributed by atoms with Gasteiger partial charge in [0.05, 0.1) is 5.37 Å². The van der Waals surface area contributed by atoms with Crippen molar-refractivity contribution in [3.05, 3.63) is 34.3 Å². The van der Waals surface area contributed by atoms with Crippen LogP contribution in [0.15, 0.2) is 28.7 Å². The molecule has 0 bridgehead atoms. The minimum absolute atomic E-state index is 0.00604. The fourth-order valence-electron chi connectivity index (χ4n) is 1.94. The van der Waals surface area contributed by atoms with Crippen LogP contribution in [-0.2, 0) is 11.2 Å². The number of hydrogen-bond acceptors (Lipinski definition) is 4. The van der Waals surface area contributed by atoms with E-state index in [9.17, 15) is 4.79 Å². The molecule has 2 unspecified atom stereocenters. The number of nitrogens with one attached hydrogen (secondary N) is 1. The molecule has 118 valence electrons. The first-order valence-corrected chi connectivity index (χ1v) is 9.50. The quantitative estimate of drug-likeness (QED) is 0.447. The van der Waals surface area contributed by atoms with Crippen molar-refractivity contribution in [2.24, 2.45) is 0 Å². The lowest BCUT2D eigenvalue weighted by molar-refractivity contribution is -0.121. The van der Waals surface area contributed by atoms with Gasteiger partial charge in [-0.2, -0.15) is 12.6 Å². The molecule has 0 aliphatic heterocycles. The Morgan fingerprint density at radius 3 is 2.67 bits per heavy atom. The molecule has 0 saturated carbocycles. The summed E-state index contributed by atoms with van der Waals surface area (Å²) < 4.78 is 1.05. The Morgan fingerprint density at radius 2 is 2.10 bits per heavy atom. The zero-order valence-corrected chi connectivity index (χ0v) is 15.4. The van der Waals surface area contributed by atoms with Crippen LogP contribution < -0.4 is 5.32 Å². The van der Waals surface area contributed by atoms with Crippen LogP contribution in [0.3, 0.4) is 0 Å². The standard InChI is InChI=1S/C15H22BrNO2S2/c1-21-15(3-2-8-18)17-14(19)10-13(20)9-11-4-6-12(16)7-5-11/h4-7,13,15,18,20H,2-3,8-10H2,1H3,(H,17,19). The third kappa shape index (κ3) is 8.14. The van der Waals surface area contributed by atoms with Gasteiger partial charge < -0.3 is 10.4 Å². The molecule has 0 radical (unpaired) electrons. The van der Waals surface area contributed by atoms with E-state index in [2.05, 4.69) is 33.9 Å². The predicted octanol–water partition coefficient (Wildman–Crippen LogP) is 3.26. The number of benzene rings is 1. The van der Waals surface area contributed by atoms with E-state index in [-0.39, 0.29) is 23.1 Å². The lowest BCUT2D eigenvalue weighted by Gasteiger charge is -2.17. The minimum atomic E-state index is 0.00604. The van der Waals surface area contributed by atoms with Gasteiger partial charge in [-0.3, -0.25) is 4.79 Å². The van der Waals surface area contributed by atoms with Gasteiger partial charge in [0.15, 0.2) is 0 Å². The highest BCUT2D eigenvalue weighted by atomic mass is 79.9. The Balaban J connectivity index is 2.37. The summed E-state index contributed by atoms with van der Waals surface area (Å²) in [5.41, 5.74) is 1.17. The Hall–Kier alpha value is -0.170. The average molecular weight is 392 g/mol. The molecule has 1 aromatic carbocycles. The number of carbonyl (C=O) groups is 1. The summed E-state index contributed by atoms with van der Waals surface area (Å²) in [4.78, 5) is 12.0. The molecule has 0 aromatic heterocycles. The van der Waals surface area contributed by atoms with Crippen molar-refractivity contribution in [1.82, 2.24) is 5.32 Å². The topological polar surface area (TPSA) is 49.3 Å². The Labute approximate surface area is 144 Å². The third-order valence-electron chi connectivity index (χ3n) is 3.04. The van der Waals surface area contributed by atoms with E-state index < -0.39 is 0 Å². The van der Waals surface area contributed by atoms with E-state index in [1.54, 1.807) is 11.8 Å². The summed E-state index contributed by atoms with van der Waals surface area (Å²) in [7, 11) is 0. The number of rotatable bonds is 9. The molecule has 0 fully saturated rings. The largest absolute Gasteiger partial charge is 0.396 e. The summed E-state index contributed by atoms with van der Waals surface area (Å²) in [6.07, 6.45) is 4.62. The smallest absolute Gasteiger partial charge is 0.221 e. The first-order chi connectivity index (χ1) is 10.0. The van der Waals surface area contributed by atoms with Gasteiger partial charge in [-0.1, -0.05) is 28.1 Å². The molecule has 0 spiro atoms. The average Bonchev–Trinajstić information content (AvgIpc) is 2.45. The Kier molecular flexibility index (Phi) is 9.47. The summed E-state index contributed by atoms with van der Waals surface area (Å²) in [5.74, 6) is 0.0180. The SMILES string of the molecule is CSC(CCCO)NC(=O)CC(S)Cc1ccc(Br)cc1. The number of thioether (sulfide) groups is 1. The number of amides is 1. The van der Waals surface area contributed by atoms with Crippen molar-refractivity contribution in [2.75, 3.05) is 12.9 Å². The van der Waals surface area contributed by atoms with Gasteiger partial charge in [0.1, 0.15) is 0 Å². The highest BCUT2D eigenvalue weighted by Gasteiger charge is 2.14. The molecule has 2 atom stereocenters. The van der Waals surface area contributed by atoms with Crippen LogP contribution in [0, 0.1) is 0 Å². The molecule has 21 heavy (non-hydrogen) atoms. The molecular formula is C15H22BrNO2S2. The zero-order valence-electron chi connectivity index (χ0n) is 12.1. The van der Waals surface area contributed by atoms with Crippen LogP contribution in [0.5, 0.6) is 0 Å². The number of aliphatic hydroxyl groups excluding tert-OH is 1. The van der Waals surface area contributed by atoms with E-state index in [4.69, 9.17) is 5.11 Å². The predicted molar refractivity (Wildman–Crippen MR) is 97.0 cm³/mol. The van der Waals surface area contributed by atoms with E-state index >= 15 is 0 Å². The maximum atomic E-state index is 12.0. The second kappa shape index (κ2) is 10.5. The highest BCUT2D eigenvalue weighted by Crippen LogP contribution is 2.16. The zero-order chi connectivity index (χ0) is 15.7. The van der Waals surface area contributed by atoms with Crippen LogP contribution >= 0.6 is 40.3 Å². The second-order valence-electron chi connectivity index (χ2n) is 4.85. The van der Waals surface area contributed by atoms with Gasteiger partial charge in [-0.25, -0.2) is 0 Å². The van der Waals surface area contributed by atoms with Crippen LogP contribution in [0.2, 0.25) is 0 Å². The van der Waals surface area contributed by atoms with Crippen molar-refractivity contribution < 1.29 is 9.90 Å². The maximum Gasteiger partial charge on any atom is 0.221 e. The van der Waals surface area contributed by atoms with Gasteiger partial charge in [0, 0.05) is 22.8 Å². The normalized spacial score (nSPS) is 13.7. The van der Waals surface area contributed by atoms with Gasteiger partial charge in [0.2, 0.25) is 5.91 Å². The van der Waals surface area contributed by atoms with Gasteiger partial charge in [-0.15, -0.1) is 11.8 Å². The highest BCUT2D eigenvalue weighted by molar-refractivity contribution is 9.10. The fourth-order valence-corrected chi connectivity index (χ4v) is 3.24. The van der Waals surface area contributed by atoms with Crippen molar-refractivity contribution in [3.8, 4) is 0 Å². The number of carbonyl (C=O) groups excluding carboxylic acids is 1. The van der Waals surface area contributed by atoms with Crippen LogP contribution in [-0.4, -0.2) is 34.5 Å². The Bertz CT molecular complexity index is 428. The first kappa shape index (κ1) is 18.9. The van der Waals surface area contributed by atoms with E-state index in [1.165, 1.54) is 5.56 Å². The van der Waals surface area contributed by atoms with Crippen molar-refractivity contribution >= 4 is 46.2 Å². The lowest BCUT2D eigenvalue weighted by Crippen LogP contribution is -2.34. The molecule has 2 N–H and O–H groups in total. The van der Waals surface area contributed by atoms with Crippen LogP contribution in [0.1, 0.15) is 24.8 Å². The monoisotopic (exact) mass is 391 g/mol. The lowest BCUT2D eigenvalue weighted by atomic mass is 10.1. The number of hydrogen-bond donors (Lipinski definition) is 3. The fraction of sp³-hybridized carbons (Fsp3) is 0.533. The molecule has 1 amide bonds. The molecule has 0 aliphatic carbocycles. The molecule has 1 aromatic rings. The molecule has 6 heteroatoms. The molecule has 0 heterocycles. The first-order valence-electron chi connectivity index (χ1n) is 6.90. The van der Waals surface area contributed by atoms with Crippen molar-refractivity contribution in [1.29, 1.82) is 0 Å². The van der Waals surface area contributed by atoms with E-state index in [0.717, 1.165) is 17.3 Å². The summed E-state index contributed by atoms with van der Waals surface area (Å²) >= 11 is 9.51. The number of halogens is 1. The van der Waals surface area contributed by atoms with Gasteiger partial charge in [0.25, 0.3) is 0 Å². The third-order valence-corrected chi connectivity index (χ3v) is 4.85. The summed E-state index contributed by atoms with van der Waals surface area (Å²) in [6.45, 7) is 0.158. The second-order valence-corrected chi connectivity index (χ2v) is 7.53. The van der Waals surface area contributed by atoms with Crippen LogP contribution in [0.25, 0.3) is 0 Å². The maximum absolute atomic E-state index is 12.0. The van der Waals surface area contributed by atoms with Crippen molar-refractivity contribution in [2.45, 2.75) is 36.3 Å². The summed E-state index contributed by atoms with van der Waals surface area (Å²) in [5, 5.41) is 11.9. The number of thiol groups is 1. The van der Waals surface area contributed by atoms with E-state index in [1.807, 2.05) is 30.5 Å². The molecular weight excluding hydrogens is 370 g/mol. The van der Waals surface area contributed by atoms with Gasteiger partial charge in [-0.05, 0) is 43.2 Å². The molecule has 1 rings (SSSR count). The van der Waals surface area contributed by atoms with Crippen LogP contribution in [0.4, 0.5) is 0 Å². The number of aliphatic hydroxyl groups is 1. The summed E-state index contributed by atoms with van der Waals surface area (Å²) in [6, 6.07) is 8.07. The molecule has 0 saturated heterocycles. The van der Waals surface area contributed by atoms with Crippen molar-refractivity contribution in [3.63, 3.8) is 0 Å².